The summed E-state index contributed by atoms with van der Waals surface area (Å²) in [6, 6.07) is 11.1. The fourth-order valence-corrected chi connectivity index (χ4v) is 1.83. The average Bonchev–Trinajstić information content (AvgIpc) is 2.50. The van der Waals surface area contributed by atoms with E-state index < -0.39 is 0 Å². The van der Waals surface area contributed by atoms with Gasteiger partial charge in [-0.05, 0) is 19.2 Å². The zero-order valence-corrected chi connectivity index (χ0v) is 14.6. The number of carbonyl (C=O) groups is 1. The predicted octanol–water partition coefficient (Wildman–Crippen LogP) is 3.51. The third-order valence-corrected chi connectivity index (χ3v) is 2.97. The molecule has 0 fully saturated rings. The molecule has 7 heteroatoms. The molecule has 0 bridgehead atoms. The minimum absolute atomic E-state index is 0. The summed E-state index contributed by atoms with van der Waals surface area (Å²) in [7, 11) is 1.82. The van der Waals surface area contributed by atoms with Crippen LogP contribution in [0.2, 0.25) is 0 Å². The van der Waals surface area contributed by atoms with Crippen LogP contribution in [-0.4, -0.2) is 24.5 Å². The normalized spacial score (nSPS) is 10.7. The number of anilines is 1. The molecule has 1 atom stereocenters. The number of hydrogen-bond donors (Lipinski definition) is 2. The Kier molecular flexibility index (Phi) is 9.97. The summed E-state index contributed by atoms with van der Waals surface area (Å²) in [6.07, 6.45) is 3.22. The summed E-state index contributed by atoms with van der Waals surface area (Å²) >= 11 is 0. The van der Waals surface area contributed by atoms with E-state index in [9.17, 15) is 4.79 Å². The second kappa shape index (κ2) is 10.8. The molecule has 2 N–H and O–H groups in total. The Bertz CT molecular complexity index is 597. The quantitative estimate of drug-likeness (QED) is 0.830. The van der Waals surface area contributed by atoms with Gasteiger partial charge < -0.3 is 15.4 Å². The van der Waals surface area contributed by atoms with Crippen LogP contribution in [0.25, 0.3) is 0 Å². The van der Waals surface area contributed by atoms with Crippen molar-refractivity contribution < 1.29 is 9.53 Å². The molecule has 126 valence electrons. The largest absolute Gasteiger partial charge is 0.455 e. The third-order valence-electron chi connectivity index (χ3n) is 2.97. The molecular formula is C16H21Cl2N3O2. The van der Waals surface area contributed by atoms with Crippen LogP contribution in [0.3, 0.4) is 0 Å². The highest BCUT2D eigenvalue weighted by atomic mass is 35.5. The molecule has 1 heterocycles. The van der Waals surface area contributed by atoms with Crippen molar-refractivity contribution in [1.82, 2.24) is 10.3 Å². The summed E-state index contributed by atoms with van der Waals surface area (Å²) in [5.41, 5.74) is 0.564. The number of carbonyl (C=O) groups excluding carboxylic acids is 1. The van der Waals surface area contributed by atoms with E-state index >= 15 is 0 Å². The fourth-order valence-electron chi connectivity index (χ4n) is 1.83. The van der Waals surface area contributed by atoms with E-state index in [0.717, 1.165) is 0 Å². The monoisotopic (exact) mass is 357 g/mol. The lowest BCUT2D eigenvalue weighted by Gasteiger charge is -2.14. The van der Waals surface area contributed by atoms with E-state index in [0.29, 0.717) is 23.7 Å². The van der Waals surface area contributed by atoms with E-state index in [1.807, 2.05) is 44.3 Å². The van der Waals surface area contributed by atoms with Crippen LogP contribution < -0.4 is 15.4 Å². The molecule has 0 aliphatic heterocycles. The first-order valence-corrected chi connectivity index (χ1v) is 6.83. The van der Waals surface area contributed by atoms with Crippen molar-refractivity contribution in [3.63, 3.8) is 0 Å². The van der Waals surface area contributed by atoms with Crippen molar-refractivity contribution >= 4 is 36.4 Å². The predicted molar refractivity (Wildman–Crippen MR) is 97.0 cm³/mol. The fraction of sp³-hybridized carbons (Fsp3) is 0.250. The first kappa shape index (κ1) is 21.2. The van der Waals surface area contributed by atoms with E-state index in [4.69, 9.17) is 4.74 Å². The molecule has 1 unspecified atom stereocenters. The van der Waals surface area contributed by atoms with Crippen LogP contribution in [0.1, 0.15) is 6.92 Å². The third kappa shape index (κ3) is 6.44. The number of benzene rings is 1. The molecule has 0 saturated heterocycles. The summed E-state index contributed by atoms with van der Waals surface area (Å²) in [4.78, 5) is 16.1. The van der Waals surface area contributed by atoms with Crippen LogP contribution >= 0.6 is 24.8 Å². The average molecular weight is 358 g/mol. The SMILES string of the molecule is CNCC(C)C(=O)Nc1cnccc1Oc1ccccc1.Cl.Cl. The van der Waals surface area contributed by atoms with Gasteiger partial charge in [-0.15, -0.1) is 24.8 Å². The van der Waals surface area contributed by atoms with Gasteiger partial charge >= 0.3 is 0 Å². The van der Waals surface area contributed by atoms with E-state index in [1.165, 1.54) is 0 Å². The first-order valence-electron chi connectivity index (χ1n) is 6.83. The molecular weight excluding hydrogens is 337 g/mol. The summed E-state index contributed by atoms with van der Waals surface area (Å²) in [5, 5.41) is 5.83. The second-order valence-corrected chi connectivity index (χ2v) is 4.73. The van der Waals surface area contributed by atoms with Crippen molar-refractivity contribution in [2.24, 2.45) is 5.92 Å². The van der Waals surface area contributed by atoms with Gasteiger partial charge in [-0.1, -0.05) is 25.1 Å². The molecule has 1 aromatic heterocycles. The van der Waals surface area contributed by atoms with Gasteiger partial charge in [0, 0.05) is 24.7 Å². The lowest BCUT2D eigenvalue weighted by Crippen LogP contribution is -2.28. The Morgan fingerprint density at radius 1 is 1.22 bits per heavy atom. The maximum absolute atomic E-state index is 12.1. The highest BCUT2D eigenvalue weighted by molar-refractivity contribution is 5.93. The molecule has 1 amide bonds. The van der Waals surface area contributed by atoms with Gasteiger partial charge in [0.15, 0.2) is 5.75 Å². The summed E-state index contributed by atoms with van der Waals surface area (Å²) in [5.74, 6) is 1.07. The topological polar surface area (TPSA) is 63.2 Å². The zero-order valence-electron chi connectivity index (χ0n) is 13.0. The van der Waals surface area contributed by atoms with Crippen LogP contribution in [-0.2, 0) is 4.79 Å². The molecule has 0 spiro atoms. The van der Waals surface area contributed by atoms with Crippen molar-refractivity contribution in [2.45, 2.75) is 6.92 Å². The maximum Gasteiger partial charge on any atom is 0.228 e. The number of rotatable bonds is 6. The number of nitrogens with zero attached hydrogens (tertiary/aromatic N) is 1. The highest BCUT2D eigenvalue weighted by Crippen LogP contribution is 2.28. The lowest BCUT2D eigenvalue weighted by molar-refractivity contribution is -0.119. The number of para-hydroxylation sites is 1. The van der Waals surface area contributed by atoms with Crippen LogP contribution in [0, 0.1) is 5.92 Å². The zero-order chi connectivity index (χ0) is 15.1. The standard InChI is InChI=1S/C16H19N3O2.2ClH/c1-12(10-17-2)16(20)19-14-11-18-9-8-15(14)21-13-6-4-3-5-7-13;;/h3-9,11-12,17H,10H2,1-2H3,(H,19,20);2*1H. The van der Waals surface area contributed by atoms with Crippen molar-refractivity contribution in [3.05, 3.63) is 48.8 Å². The Labute approximate surface area is 148 Å². The number of hydrogen-bond acceptors (Lipinski definition) is 4. The van der Waals surface area contributed by atoms with Crippen molar-refractivity contribution in [2.75, 3.05) is 18.9 Å². The highest BCUT2D eigenvalue weighted by Gasteiger charge is 2.14. The number of ether oxygens (including phenoxy) is 1. The minimum Gasteiger partial charge on any atom is -0.455 e. The molecule has 0 aliphatic carbocycles. The van der Waals surface area contributed by atoms with Crippen LogP contribution in [0.5, 0.6) is 11.5 Å². The lowest BCUT2D eigenvalue weighted by atomic mass is 10.1. The van der Waals surface area contributed by atoms with E-state index in [-0.39, 0.29) is 36.6 Å². The van der Waals surface area contributed by atoms with Crippen LogP contribution in [0.4, 0.5) is 5.69 Å². The molecule has 0 aliphatic rings. The second-order valence-electron chi connectivity index (χ2n) is 4.73. The number of nitrogens with one attached hydrogen (secondary N) is 2. The Balaban J connectivity index is 0.00000242. The first-order chi connectivity index (χ1) is 10.2. The molecule has 2 aromatic rings. The van der Waals surface area contributed by atoms with Gasteiger partial charge in [0.2, 0.25) is 5.91 Å². The molecule has 1 aromatic carbocycles. The van der Waals surface area contributed by atoms with Gasteiger partial charge in [0.1, 0.15) is 11.4 Å². The van der Waals surface area contributed by atoms with E-state index in [2.05, 4.69) is 15.6 Å². The number of pyridine rings is 1. The van der Waals surface area contributed by atoms with Crippen molar-refractivity contribution in [3.8, 4) is 11.5 Å². The van der Waals surface area contributed by atoms with Gasteiger partial charge in [-0.2, -0.15) is 0 Å². The van der Waals surface area contributed by atoms with Gasteiger partial charge in [0.05, 0.1) is 6.20 Å². The Morgan fingerprint density at radius 3 is 2.57 bits per heavy atom. The summed E-state index contributed by atoms with van der Waals surface area (Å²) in [6.45, 7) is 2.47. The molecule has 0 radical (unpaired) electrons. The molecule has 5 nitrogen and oxygen atoms in total. The van der Waals surface area contributed by atoms with Gasteiger partial charge in [-0.25, -0.2) is 0 Å². The maximum atomic E-state index is 12.1. The number of amides is 1. The van der Waals surface area contributed by atoms with Gasteiger partial charge in [-0.3, -0.25) is 9.78 Å². The number of halogens is 2. The Morgan fingerprint density at radius 2 is 1.91 bits per heavy atom. The van der Waals surface area contributed by atoms with Crippen LogP contribution in [0.15, 0.2) is 48.8 Å². The number of aromatic nitrogens is 1. The van der Waals surface area contributed by atoms with Gasteiger partial charge in [0.25, 0.3) is 0 Å². The molecule has 2 rings (SSSR count). The molecule has 0 saturated carbocycles. The van der Waals surface area contributed by atoms with Crippen molar-refractivity contribution in [1.29, 1.82) is 0 Å². The summed E-state index contributed by atoms with van der Waals surface area (Å²) < 4.78 is 5.78. The minimum atomic E-state index is -0.139. The van der Waals surface area contributed by atoms with E-state index in [1.54, 1.807) is 18.5 Å². The molecule has 23 heavy (non-hydrogen) atoms. The smallest absolute Gasteiger partial charge is 0.228 e. The Hall–Kier alpha value is -1.82.